The molecule has 1 unspecified atom stereocenters. The molecule has 3 rings (SSSR count). The fraction of sp³-hybridized carbons (Fsp3) is 0.625. The lowest BCUT2D eigenvalue weighted by Crippen LogP contribution is -2.45. The second kappa shape index (κ2) is 10.5. The number of Topliss-reactive ketones (excluding diaryl/α,β-unsaturated/α-hetero) is 1. The van der Waals surface area contributed by atoms with E-state index in [9.17, 15) is 23.2 Å². The molecule has 32 heavy (non-hydrogen) atoms. The molecule has 1 saturated heterocycles. The van der Waals surface area contributed by atoms with E-state index in [4.69, 9.17) is 0 Å². The number of halogens is 2. The van der Waals surface area contributed by atoms with E-state index in [1.165, 1.54) is 6.07 Å². The first-order chi connectivity index (χ1) is 15.2. The standard InChI is InChI=1S/C24H33F2N3O3/c1-4-21(30)23(14(2)3)28-24(32)18-10-17(19(25)11-20(18)26)15-6-5-9-29(13-15)22(31)12-27-16-7-8-16/h10-11,14-16,23,27H,4-9,12-13H2,1-3H3,(H,28,32)/t15?,23-/m1/s1. The SMILES string of the molecule is CCC(=O)[C@H](NC(=O)c1cc(C2CCCN(C(=O)CNC3CC3)C2)c(F)cc1F)C(C)C. The number of benzene rings is 1. The summed E-state index contributed by atoms with van der Waals surface area (Å²) in [6.07, 6.45) is 3.78. The third-order valence-electron chi connectivity index (χ3n) is 6.31. The van der Waals surface area contributed by atoms with Gasteiger partial charge in [-0.05, 0) is 43.2 Å². The van der Waals surface area contributed by atoms with Crippen LogP contribution in [-0.4, -0.2) is 54.2 Å². The molecular weight excluding hydrogens is 416 g/mol. The molecule has 176 valence electrons. The number of nitrogens with one attached hydrogen (secondary N) is 2. The maximum atomic E-state index is 14.7. The maximum Gasteiger partial charge on any atom is 0.254 e. The molecule has 2 atom stereocenters. The smallest absolute Gasteiger partial charge is 0.254 e. The summed E-state index contributed by atoms with van der Waals surface area (Å²) in [7, 11) is 0. The number of piperidine rings is 1. The lowest BCUT2D eigenvalue weighted by atomic mass is 9.88. The Hall–Kier alpha value is -2.35. The summed E-state index contributed by atoms with van der Waals surface area (Å²) in [5.74, 6) is -3.07. The number of carbonyl (C=O) groups excluding carboxylic acids is 3. The quantitative estimate of drug-likeness (QED) is 0.607. The van der Waals surface area contributed by atoms with Gasteiger partial charge in [-0.3, -0.25) is 14.4 Å². The van der Waals surface area contributed by atoms with E-state index in [2.05, 4.69) is 10.6 Å². The highest BCUT2D eigenvalue weighted by molar-refractivity contribution is 5.98. The van der Waals surface area contributed by atoms with Crippen LogP contribution in [0, 0.1) is 17.6 Å². The van der Waals surface area contributed by atoms with Gasteiger partial charge in [-0.2, -0.15) is 0 Å². The van der Waals surface area contributed by atoms with Crippen molar-refractivity contribution in [3.63, 3.8) is 0 Å². The Labute approximate surface area is 188 Å². The minimum atomic E-state index is -0.965. The van der Waals surface area contributed by atoms with E-state index in [0.29, 0.717) is 32.0 Å². The number of hydrogen-bond donors (Lipinski definition) is 2. The van der Waals surface area contributed by atoms with Crippen molar-refractivity contribution in [3.8, 4) is 0 Å². The molecular formula is C24H33F2N3O3. The Bertz CT molecular complexity index is 870. The van der Waals surface area contributed by atoms with Crippen molar-refractivity contribution in [3.05, 3.63) is 34.9 Å². The Morgan fingerprint density at radius 1 is 1.12 bits per heavy atom. The summed E-state index contributed by atoms with van der Waals surface area (Å²) in [5, 5.41) is 5.81. The van der Waals surface area contributed by atoms with Crippen LogP contribution in [0.2, 0.25) is 0 Å². The van der Waals surface area contributed by atoms with Gasteiger partial charge in [0.2, 0.25) is 5.91 Å². The first kappa shape index (κ1) is 24.3. The van der Waals surface area contributed by atoms with Crippen molar-refractivity contribution >= 4 is 17.6 Å². The second-order valence-corrected chi connectivity index (χ2v) is 9.20. The van der Waals surface area contributed by atoms with Gasteiger partial charge in [0.25, 0.3) is 5.91 Å². The number of amides is 2. The fourth-order valence-electron chi connectivity index (χ4n) is 4.20. The number of ketones is 1. The number of likely N-dealkylation sites (tertiary alicyclic amines) is 1. The van der Waals surface area contributed by atoms with Crippen LogP contribution in [-0.2, 0) is 9.59 Å². The van der Waals surface area contributed by atoms with E-state index in [0.717, 1.165) is 18.9 Å². The zero-order chi connectivity index (χ0) is 23.4. The first-order valence-electron chi connectivity index (χ1n) is 11.5. The van der Waals surface area contributed by atoms with E-state index in [1.54, 1.807) is 25.7 Å². The first-order valence-corrected chi connectivity index (χ1v) is 11.5. The maximum absolute atomic E-state index is 14.7. The topological polar surface area (TPSA) is 78.5 Å². The molecule has 0 spiro atoms. The molecule has 0 aromatic heterocycles. The van der Waals surface area contributed by atoms with E-state index in [-0.39, 0.29) is 47.6 Å². The summed E-state index contributed by atoms with van der Waals surface area (Å²) in [5.41, 5.74) is -0.0538. The van der Waals surface area contributed by atoms with Crippen LogP contribution >= 0.6 is 0 Å². The minimum Gasteiger partial charge on any atom is -0.342 e. The molecule has 2 fully saturated rings. The average molecular weight is 450 g/mol. The summed E-state index contributed by atoms with van der Waals surface area (Å²) < 4.78 is 29.2. The number of nitrogens with zero attached hydrogens (tertiary/aromatic N) is 1. The lowest BCUT2D eigenvalue weighted by molar-refractivity contribution is -0.131. The van der Waals surface area contributed by atoms with Crippen molar-refractivity contribution in [1.82, 2.24) is 15.5 Å². The fourth-order valence-corrected chi connectivity index (χ4v) is 4.20. The largest absolute Gasteiger partial charge is 0.342 e. The molecule has 0 radical (unpaired) electrons. The van der Waals surface area contributed by atoms with Gasteiger partial charge in [0, 0.05) is 37.5 Å². The highest BCUT2D eigenvalue weighted by atomic mass is 19.1. The van der Waals surface area contributed by atoms with E-state index >= 15 is 0 Å². The van der Waals surface area contributed by atoms with Crippen LogP contribution in [0.3, 0.4) is 0 Å². The van der Waals surface area contributed by atoms with Crippen molar-refractivity contribution in [2.24, 2.45) is 5.92 Å². The van der Waals surface area contributed by atoms with Gasteiger partial charge in [0.15, 0.2) is 5.78 Å². The molecule has 2 aliphatic rings. The molecule has 1 saturated carbocycles. The Morgan fingerprint density at radius 2 is 1.84 bits per heavy atom. The van der Waals surface area contributed by atoms with E-state index in [1.807, 2.05) is 0 Å². The van der Waals surface area contributed by atoms with Crippen LogP contribution < -0.4 is 10.6 Å². The monoisotopic (exact) mass is 449 g/mol. The molecule has 1 aromatic rings. The highest BCUT2D eigenvalue weighted by Gasteiger charge is 2.30. The van der Waals surface area contributed by atoms with Crippen molar-refractivity contribution in [1.29, 1.82) is 0 Å². The van der Waals surface area contributed by atoms with Crippen LogP contribution in [0.25, 0.3) is 0 Å². The molecule has 8 heteroatoms. The van der Waals surface area contributed by atoms with Gasteiger partial charge in [-0.25, -0.2) is 8.78 Å². The van der Waals surface area contributed by atoms with Gasteiger partial charge in [-0.15, -0.1) is 0 Å². The highest BCUT2D eigenvalue weighted by Crippen LogP contribution is 2.31. The van der Waals surface area contributed by atoms with Gasteiger partial charge in [0.05, 0.1) is 18.2 Å². The molecule has 1 aliphatic carbocycles. The summed E-state index contributed by atoms with van der Waals surface area (Å²) in [4.78, 5) is 39.2. The average Bonchev–Trinajstić information content (AvgIpc) is 3.59. The van der Waals surface area contributed by atoms with Crippen molar-refractivity contribution < 1.29 is 23.2 Å². The molecule has 0 bridgehead atoms. The molecule has 1 aromatic carbocycles. The van der Waals surface area contributed by atoms with Crippen LogP contribution in [0.15, 0.2) is 12.1 Å². The third kappa shape index (κ3) is 5.91. The normalized spacial score (nSPS) is 19.7. The Kier molecular flexibility index (Phi) is 7.98. The molecule has 1 heterocycles. The van der Waals surface area contributed by atoms with E-state index < -0.39 is 23.6 Å². The molecule has 1 aliphatic heterocycles. The number of hydrogen-bond acceptors (Lipinski definition) is 4. The van der Waals surface area contributed by atoms with Crippen LogP contribution in [0.1, 0.15) is 74.7 Å². The zero-order valence-electron chi connectivity index (χ0n) is 19.0. The number of carbonyl (C=O) groups is 3. The van der Waals surface area contributed by atoms with Gasteiger partial charge >= 0.3 is 0 Å². The summed E-state index contributed by atoms with van der Waals surface area (Å²) >= 11 is 0. The Morgan fingerprint density at radius 3 is 2.47 bits per heavy atom. The van der Waals surface area contributed by atoms with Gasteiger partial charge in [0.1, 0.15) is 11.6 Å². The minimum absolute atomic E-state index is 0.0278. The molecule has 2 N–H and O–H groups in total. The summed E-state index contributed by atoms with van der Waals surface area (Å²) in [6.45, 7) is 6.51. The van der Waals surface area contributed by atoms with Crippen LogP contribution in [0.5, 0.6) is 0 Å². The van der Waals surface area contributed by atoms with Crippen molar-refractivity contribution in [2.45, 2.75) is 70.9 Å². The van der Waals surface area contributed by atoms with Crippen LogP contribution in [0.4, 0.5) is 8.78 Å². The lowest BCUT2D eigenvalue weighted by Gasteiger charge is -2.33. The number of rotatable bonds is 9. The van der Waals surface area contributed by atoms with Gasteiger partial charge < -0.3 is 15.5 Å². The second-order valence-electron chi connectivity index (χ2n) is 9.20. The third-order valence-corrected chi connectivity index (χ3v) is 6.31. The van der Waals surface area contributed by atoms with Gasteiger partial charge in [-0.1, -0.05) is 20.8 Å². The zero-order valence-corrected chi connectivity index (χ0v) is 19.0. The molecule has 6 nitrogen and oxygen atoms in total. The van der Waals surface area contributed by atoms with Crippen molar-refractivity contribution in [2.75, 3.05) is 19.6 Å². The predicted molar refractivity (Wildman–Crippen MR) is 117 cm³/mol. The Balaban J connectivity index is 1.75. The molecule has 2 amide bonds. The summed E-state index contributed by atoms with van der Waals surface area (Å²) in [6, 6.07) is 1.66. The predicted octanol–water partition coefficient (Wildman–Crippen LogP) is 3.16.